The van der Waals surface area contributed by atoms with Crippen LogP contribution < -0.4 is 15.4 Å². The second-order valence-corrected chi connectivity index (χ2v) is 4.56. The highest BCUT2D eigenvalue weighted by atomic mass is 19.1. The number of halogens is 1. The number of methoxy groups -OCH3 is 1. The number of rotatable bonds is 5. The molecule has 2 rings (SSSR count). The van der Waals surface area contributed by atoms with Crippen molar-refractivity contribution in [3.63, 3.8) is 0 Å². The van der Waals surface area contributed by atoms with E-state index in [2.05, 4.69) is 10.6 Å². The molecule has 2 N–H and O–H groups in total. The van der Waals surface area contributed by atoms with E-state index in [1.807, 2.05) is 25.1 Å². The fraction of sp³-hybridized carbons (Fsp3) is 0.188. The smallest absolute Gasteiger partial charge is 0.243 e. The Morgan fingerprint density at radius 1 is 1.19 bits per heavy atom. The molecule has 0 heterocycles. The van der Waals surface area contributed by atoms with Crippen molar-refractivity contribution in [2.24, 2.45) is 0 Å². The van der Waals surface area contributed by atoms with Gasteiger partial charge in [0, 0.05) is 5.69 Å². The average Bonchev–Trinajstić information content (AvgIpc) is 2.48. The van der Waals surface area contributed by atoms with E-state index >= 15 is 0 Å². The zero-order chi connectivity index (χ0) is 15.2. The lowest BCUT2D eigenvalue weighted by Crippen LogP contribution is -2.22. The summed E-state index contributed by atoms with van der Waals surface area (Å²) in [5, 5.41) is 5.54. The van der Waals surface area contributed by atoms with Crippen LogP contribution in [0.5, 0.6) is 5.75 Å². The summed E-state index contributed by atoms with van der Waals surface area (Å²) >= 11 is 0. The Balaban J connectivity index is 1.94. The van der Waals surface area contributed by atoms with E-state index in [9.17, 15) is 9.18 Å². The minimum atomic E-state index is -0.452. The number of hydrogen-bond donors (Lipinski definition) is 2. The summed E-state index contributed by atoms with van der Waals surface area (Å²) in [4.78, 5) is 11.8. The first-order valence-corrected chi connectivity index (χ1v) is 6.53. The molecule has 1 amide bonds. The highest BCUT2D eigenvalue weighted by molar-refractivity contribution is 5.93. The number of amides is 1. The van der Waals surface area contributed by atoms with Crippen LogP contribution in [0.15, 0.2) is 42.5 Å². The molecule has 0 saturated heterocycles. The molecule has 0 aromatic heterocycles. The van der Waals surface area contributed by atoms with Crippen LogP contribution in [0.3, 0.4) is 0 Å². The lowest BCUT2D eigenvalue weighted by atomic mass is 10.2. The second-order valence-electron chi connectivity index (χ2n) is 4.56. The molecule has 0 atom stereocenters. The standard InChI is InChI=1S/C16H17FN2O2/c1-11-9-12(21-2)7-8-14(11)18-10-16(20)19-15-6-4-3-5-13(15)17/h3-9,18H,10H2,1-2H3,(H,19,20). The molecule has 0 spiro atoms. The zero-order valence-corrected chi connectivity index (χ0v) is 11.9. The maximum atomic E-state index is 13.4. The van der Waals surface area contributed by atoms with Gasteiger partial charge in [0.2, 0.25) is 5.91 Å². The van der Waals surface area contributed by atoms with Gasteiger partial charge in [-0.1, -0.05) is 12.1 Å². The quantitative estimate of drug-likeness (QED) is 0.888. The van der Waals surface area contributed by atoms with Gasteiger partial charge in [-0.3, -0.25) is 4.79 Å². The second kappa shape index (κ2) is 6.74. The maximum Gasteiger partial charge on any atom is 0.243 e. The van der Waals surface area contributed by atoms with E-state index in [4.69, 9.17) is 4.74 Å². The summed E-state index contributed by atoms with van der Waals surface area (Å²) in [5.41, 5.74) is 1.98. The van der Waals surface area contributed by atoms with Gasteiger partial charge >= 0.3 is 0 Å². The predicted molar refractivity (Wildman–Crippen MR) is 81.3 cm³/mol. The van der Waals surface area contributed by atoms with Crippen LogP contribution in [-0.2, 0) is 4.79 Å². The molecular weight excluding hydrogens is 271 g/mol. The molecule has 0 aliphatic heterocycles. The predicted octanol–water partition coefficient (Wildman–Crippen LogP) is 3.19. The van der Waals surface area contributed by atoms with E-state index in [0.717, 1.165) is 17.0 Å². The number of aryl methyl sites for hydroxylation is 1. The molecule has 0 radical (unpaired) electrons. The summed E-state index contributed by atoms with van der Waals surface area (Å²) in [6.07, 6.45) is 0. The van der Waals surface area contributed by atoms with E-state index in [1.54, 1.807) is 19.2 Å². The number of carbonyl (C=O) groups excluding carboxylic acids is 1. The van der Waals surface area contributed by atoms with Crippen LogP contribution in [0.4, 0.5) is 15.8 Å². The Bertz CT molecular complexity index is 644. The normalized spacial score (nSPS) is 10.0. The van der Waals surface area contributed by atoms with Gasteiger partial charge in [0.1, 0.15) is 11.6 Å². The molecule has 0 unspecified atom stereocenters. The first-order valence-electron chi connectivity index (χ1n) is 6.53. The molecule has 0 fully saturated rings. The van der Waals surface area contributed by atoms with Crippen molar-refractivity contribution in [2.45, 2.75) is 6.92 Å². The Labute approximate surface area is 122 Å². The Morgan fingerprint density at radius 3 is 2.62 bits per heavy atom. The highest BCUT2D eigenvalue weighted by Gasteiger charge is 2.07. The number of anilines is 2. The SMILES string of the molecule is COc1ccc(NCC(=O)Nc2ccccc2F)c(C)c1. The fourth-order valence-electron chi connectivity index (χ4n) is 1.89. The van der Waals surface area contributed by atoms with Crippen LogP contribution in [0, 0.1) is 12.7 Å². The molecule has 110 valence electrons. The van der Waals surface area contributed by atoms with Gasteiger partial charge in [0.25, 0.3) is 0 Å². The van der Waals surface area contributed by atoms with Gasteiger partial charge in [0.05, 0.1) is 19.3 Å². The summed E-state index contributed by atoms with van der Waals surface area (Å²) in [6, 6.07) is 11.6. The van der Waals surface area contributed by atoms with Crippen LogP contribution in [0.25, 0.3) is 0 Å². The lowest BCUT2D eigenvalue weighted by molar-refractivity contribution is -0.114. The van der Waals surface area contributed by atoms with Gasteiger partial charge in [-0.2, -0.15) is 0 Å². The third-order valence-electron chi connectivity index (χ3n) is 3.02. The van der Waals surface area contributed by atoms with Crippen molar-refractivity contribution in [1.82, 2.24) is 0 Å². The number of benzene rings is 2. The minimum Gasteiger partial charge on any atom is -0.497 e. The number of para-hydroxylation sites is 1. The summed E-state index contributed by atoms with van der Waals surface area (Å²) in [7, 11) is 1.60. The van der Waals surface area contributed by atoms with Gasteiger partial charge in [0.15, 0.2) is 0 Å². The number of ether oxygens (including phenoxy) is 1. The maximum absolute atomic E-state index is 13.4. The third-order valence-corrected chi connectivity index (χ3v) is 3.02. The van der Waals surface area contributed by atoms with E-state index in [-0.39, 0.29) is 18.1 Å². The molecular formula is C16H17FN2O2. The minimum absolute atomic E-state index is 0.0570. The van der Waals surface area contributed by atoms with Gasteiger partial charge in [-0.25, -0.2) is 4.39 Å². The summed E-state index contributed by atoms with van der Waals surface area (Å²) < 4.78 is 18.5. The Kier molecular flexibility index (Phi) is 4.77. The van der Waals surface area contributed by atoms with Crippen LogP contribution in [-0.4, -0.2) is 19.6 Å². The van der Waals surface area contributed by atoms with Crippen molar-refractivity contribution in [2.75, 3.05) is 24.3 Å². The highest BCUT2D eigenvalue weighted by Crippen LogP contribution is 2.20. The first-order chi connectivity index (χ1) is 10.1. The van der Waals surface area contributed by atoms with Gasteiger partial charge in [-0.15, -0.1) is 0 Å². The van der Waals surface area contributed by atoms with Crippen molar-refractivity contribution in [3.05, 3.63) is 53.8 Å². The van der Waals surface area contributed by atoms with Crippen molar-refractivity contribution >= 4 is 17.3 Å². The van der Waals surface area contributed by atoms with Gasteiger partial charge in [-0.05, 0) is 42.8 Å². The fourth-order valence-corrected chi connectivity index (χ4v) is 1.89. The van der Waals surface area contributed by atoms with Crippen LogP contribution >= 0.6 is 0 Å². The molecule has 0 aliphatic rings. The van der Waals surface area contributed by atoms with Crippen LogP contribution in [0.2, 0.25) is 0 Å². The molecule has 2 aromatic carbocycles. The summed E-state index contributed by atoms with van der Waals surface area (Å²) in [5.74, 6) is -0.00402. The van der Waals surface area contributed by atoms with E-state index in [1.165, 1.54) is 12.1 Å². The molecule has 21 heavy (non-hydrogen) atoms. The topological polar surface area (TPSA) is 50.4 Å². The van der Waals surface area contributed by atoms with Crippen molar-refractivity contribution in [3.8, 4) is 5.75 Å². The van der Waals surface area contributed by atoms with Crippen molar-refractivity contribution in [1.29, 1.82) is 0 Å². The zero-order valence-electron chi connectivity index (χ0n) is 11.9. The third kappa shape index (κ3) is 3.95. The largest absolute Gasteiger partial charge is 0.497 e. The van der Waals surface area contributed by atoms with Crippen molar-refractivity contribution < 1.29 is 13.9 Å². The molecule has 0 aliphatic carbocycles. The number of carbonyl (C=O) groups is 1. The van der Waals surface area contributed by atoms with E-state index in [0.29, 0.717) is 0 Å². The summed E-state index contributed by atoms with van der Waals surface area (Å²) in [6.45, 7) is 1.97. The van der Waals surface area contributed by atoms with Gasteiger partial charge < -0.3 is 15.4 Å². The monoisotopic (exact) mass is 288 g/mol. The Morgan fingerprint density at radius 2 is 1.95 bits per heavy atom. The number of hydrogen-bond acceptors (Lipinski definition) is 3. The molecule has 4 nitrogen and oxygen atoms in total. The first kappa shape index (κ1) is 14.8. The lowest BCUT2D eigenvalue weighted by Gasteiger charge is -2.11. The van der Waals surface area contributed by atoms with E-state index < -0.39 is 5.82 Å². The molecule has 0 saturated carbocycles. The molecule has 2 aromatic rings. The van der Waals surface area contributed by atoms with Crippen LogP contribution in [0.1, 0.15) is 5.56 Å². The molecule has 0 bridgehead atoms. The molecule has 5 heteroatoms. The Hall–Kier alpha value is -2.56. The average molecular weight is 288 g/mol. The number of nitrogens with one attached hydrogen (secondary N) is 2.